The van der Waals surface area contributed by atoms with Crippen LogP contribution in [0.15, 0.2) is 30.3 Å². The third-order valence-electron chi connectivity index (χ3n) is 1.37. The number of carbonyl (C=O) groups is 1. The van der Waals surface area contributed by atoms with Crippen molar-refractivity contribution in [3.05, 3.63) is 35.9 Å². The number of carbonyl (C=O) groups excluding carboxylic acids is 1. The summed E-state index contributed by atoms with van der Waals surface area (Å²) < 4.78 is 4.69. The third-order valence-corrected chi connectivity index (χ3v) is 1.37. The molecular formula is C11H16O4. The smallest absolute Gasteiger partial charge is 0.332 e. The van der Waals surface area contributed by atoms with Gasteiger partial charge in [-0.2, -0.15) is 0 Å². The van der Waals surface area contributed by atoms with Crippen LogP contribution in [0.1, 0.15) is 12.5 Å². The van der Waals surface area contributed by atoms with Crippen LogP contribution in [0.3, 0.4) is 0 Å². The molecule has 0 saturated carbocycles. The highest BCUT2D eigenvalue weighted by Crippen LogP contribution is 1.99. The molecule has 1 aromatic carbocycles. The van der Waals surface area contributed by atoms with Crippen molar-refractivity contribution in [2.45, 2.75) is 13.5 Å². The molecule has 0 fully saturated rings. The summed E-state index contributed by atoms with van der Waals surface area (Å²) in [7, 11) is 0. The van der Waals surface area contributed by atoms with Gasteiger partial charge in [0.05, 0.1) is 0 Å². The summed E-state index contributed by atoms with van der Waals surface area (Å²) in [5.41, 5.74) is 0.916. The van der Waals surface area contributed by atoms with E-state index in [1.165, 1.54) is 0 Å². The summed E-state index contributed by atoms with van der Waals surface area (Å²) in [4.78, 5) is 10.5. The van der Waals surface area contributed by atoms with E-state index in [4.69, 9.17) is 10.2 Å². The molecule has 2 N–H and O–H groups in total. The molecular weight excluding hydrogens is 196 g/mol. The van der Waals surface area contributed by atoms with Gasteiger partial charge in [-0.05, 0) is 12.5 Å². The fourth-order valence-electron chi connectivity index (χ4n) is 0.784. The van der Waals surface area contributed by atoms with Gasteiger partial charge >= 0.3 is 5.97 Å². The van der Waals surface area contributed by atoms with Crippen molar-refractivity contribution < 1.29 is 19.7 Å². The van der Waals surface area contributed by atoms with Gasteiger partial charge in [0.2, 0.25) is 0 Å². The summed E-state index contributed by atoms with van der Waals surface area (Å²) in [6.45, 7) is 1.59. The second kappa shape index (κ2) is 9.18. The van der Waals surface area contributed by atoms with Crippen LogP contribution in [0.25, 0.3) is 0 Å². The van der Waals surface area contributed by atoms with Crippen molar-refractivity contribution >= 4 is 5.97 Å². The Morgan fingerprint density at radius 1 is 1.27 bits per heavy atom. The lowest BCUT2D eigenvalue weighted by Gasteiger charge is -2.01. The van der Waals surface area contributed by atoms with Gasteiger partial charge in [-0.15, -0.1) is 0 Å². The lowest BCUT2D eigenvalue weighted by atomic mass is 10.2. The lowest BCUT2D eigenvalue weighted by molar-refractivity contribution is -0.148. The number of benzene rings is 1. The standard InChI is InChI=1S/C9H10O3.C2H6O/c10-6-9(11)12-7-8-4-2-1-3-5-8;1-2-3/h1-5,10H,6-7H2;3H,2H2,1H3. The highest BCUT2D eigenvalue weighted by atomic mass is 16.5. The minimum Gasteiger partial charge on any atom is -0.459 e. The molecule has 0 spiro atoms. The van der Waals surface area contributed by atoms with Gasteiger partial charge < -0.3 is 14.9 Å². The fraction of sp³-hybridized carbons (Fsp3) is 0.364. The average molecular weight is 212 g/mol. The largest absolute Gasteiger partial charge is 0.459 e. The van der Waals surface area contributed by atoms with Crippen molar-refractivity contribution in [3.63, 3.8) is 0 Å². The Bertz CT molecular complexity index is 259. The van der Waals surface area contributed by atoms with E-state index in [-0.39, 0.29) is 13.2 Å². The zero-order valence-corrected chi connectivity index (χ0v) is 8.72. The Balaban J connectivity index is 0.000000583. The highest BCUT2D eigenvalue weighted by Gasteiger charge is 1.98. The maximum atomic E-state index is 10.5. The molecule has 0 radical (unpaired) electrons. The number of ether oxygens (including phenoxy) is 1. The SMILES string of the molecule is CCO.O=C(CO)OCc1ccccc1. The first-order valence-corrected chi connectivity index (χ1v) is 4.65. The molecule has 0 aliphatic heterocycles. The van der Waals surface area contributed by atoms with Gasteiger partial charge in [0.1, 0.15) is 13.2 Å². The van der Waals surface area contributed by atoms with Crippen molar-refractivity contribution in [3.8, 4) is 0 Å². The summed E-state index contributed by atoms with van der Waals surface area (Å²) >= 11 is 0. The van der Waals surface area contributed by atoms with Gasteiger partial charge in [-0.3, -0.25) is 0 Å². The van der Waals surface area contributed by atoms with Crippen LogP contribution in [0.4, 0.5) is 0 Å². The average Bonchev–Trinajstić information content (AvgIpc) is 2.28. The number of esters is 1. The number of aliphatic hydroxyl groups is 2. The van der Waals surface area contributed by atoms with Crippen LogP contribution in [0, 0.1) is 0 Å². The molecule has 1 rings (SSSR count). The molecule has 84 valence electrons. The summed E-state index contributed by atoms with van der Waals surface area (Å²) in [5, 5.41) is 15.9. The van der Waals surface area contributed by atoms with Crippen molar-refractivity contribution in [1.82, 2.24) is 0 Å². The lowest BCUT2D eigenvalue weighted by Crippen LogP contribution is -2.08. The van der Waals surface area contributed by atoms with Gasteiger partial charge in [0.15, 0.2) is 0 Å². The third kappa shape index (κ3) is 7.66. The summed E-state index contributed by atoms with van der Waals surface area (Å²) in [6.07, 6.45) is 0. The van der Waals surface area contributed by atoms with Crippen LogP contribution < -0.4 is 0 Å². The van der Waals surface area contributed by atoms with E-state index in [2.05, 4.69) is 4.74 Å². The molecule has 0 amide bonds. The molecule has 1 aromatic rings. The van der Waals surface area contributed by atoms with Crippen LogP contribution in [-0.2, 0) is 16.1 Å². The van der Waals surface area contributed by atoms with E-state index < -0.39 is 12.6 Å². The summed E-state index contributed by atoms with van der Waals surface area (Å²) in [6, 6.07) is 9.32. The first kappa shape index (κ1) is 13.6. The van der Waals surface area contributed by atoms with Crippen molar-refractivity contribution in [2.24, 2.45) is 0 Å². The van der Waals surface area contributed by atoms with E-state index in [1.54, 1.807) is 6.92 Å². The van der Waals surface area contributed by atoms with Crippen LogP contribution in [0.5, 0.6) is 0 Å². The van der Waals surface area contributed by atoms with Crippen LogP contribution >= 0.6 is 0 Å². The predicted octanol–water partition coefficient (Wildman–Crippen LogP) is 0.721. The van der Waals surface area contributed by atoms with Crippen molar-refractivity contribution in [2.75, 3.05) is 13.2 Å². The number of rotatable bonds is 3. The minimum atomic E-state index is -0.598. The fourth-order valence-corrected chi connectivity index (χ4v) is 0.784. The molecule has 0 aliphatic carbocycles. The molecule has 0 bridgehead atoms. The van der Waals surface area contributed by atoms with E-state index in [9.17, 15) is 4.79 Å². The molecule has 0 aliphatic rings. The maximum absolute atomic E-state index is 10.5. The predicted molar refractivity (Wildman–Crippen MR) is 56.1 cm³/mol. The van der Waals surface area contributed by atoms with E-state index in [1.807, 2.05) is 30.3 Å². The van der Waals surface area contributed by atoms with E-state index >= 15 is 0 Å². The minimum absolute atomic E-state index is 0.222. The zero-order valence-electron chi connectivity index (χ0n) is 8.72. The first-order chi connectivity index (χ1) is 7.24. The Labute approximate surface area is 89.1 Å². The van der Waals surface area contributed by atoms with E-state index in [0.29, 0.717) is 0 Å². The van der Waals surface area contributed by atoms with Gasteiger partial charge in [0.25, 0.3) is 0 Å². The van der Waals surface area contributed by atoms with Crippen LogP contribution in [-0.4, -0.2) is 29.4 Å². The molecule has 4 nitrogen and oxygen atoms in total. The highest BCUT2D eigenvalue weighted by molar-refractivity contribution is 5.70. The molecule has 0 aromatic heterocycles. The van der Waals surface area contributed by atoms with Gasteiger partial charge in [-0.1, -0.05) is 30.3 Å². The van der Waals surface area contributed by atoms with E-state index in [0.717, 1.165) is 5.56 Å². The summed E-state index contributed by atoms with van der Waals surface area (Å²) in [5.74, 6) is -0.598. The molecule has 15 heavy (non-hydrogen) atoms. The molecule has 0 heterocycles. The number of hydrogen-bond acceptors (Lipinski definition) is 4. The second-order valence-electron chi connectivity index (χ2n) is 2.62. The Morgan fingerprint density at radius 2 is 1.80 bits per heavy atom. The Hall–Kier alpha value is -1.39. The number of aliphatic hydroxyl groups excluding tert-OH is 2. The first-order valence-electron chi connectivity index (χ1n) is 4.65. The molecule has 0 unspecified atom stereocenters. The second-order valence-corrected chi connectivity index (χ2v) is 2.62. The van der Waals surface area contributed by atoms with Gasteiger partial charge in [0, 0.05) is 6.61 Å². The molecule has 4 heteroatoms. The molecule has 0 atom stereocenters. The topological polar surface area (TPSA) is 66.8 Å². The van der Waals surface area contributed by atoms with Crippen molar-refractivity contribution in [1.29, 1.82) is 0 Å². The quantitative estimate of drug-likeness (QED) is 0.724. The Kier molecular flexibility index (Phi) is 8.33. The normalized spacial score (nSPS) is 8.73. The number of hydrogen-bond donors (Lipinski definition) is 2. The monoisotopic (exact) mass is 212 g/mol. The van der Waals surface area contributed by atoms with Crippen LogP contribution in [0.2, 0.25) is 0 Å². The molecule has 0 saturated heterocycles. The maximum Gasteiger partial charge on any atom is 0.332 e. The Morgan fingerprint density at radius 3 is 2.27 bits per heavy atom. The van der Waals surface area contributed by atoms with Gasteiger partial charge in [-0.25, -0.2) is 4.79 Å². The zero-order chi connectivity index (χ0) is 11.5.